The third-order valence-corrected chi connectivity index (χ3v) is 2.23. The lowest BCUT2D eigenvalue weighted by Crippen LogP contribution is -2.08. The summed E-state index contributed by atoms with van der Waals surface area (Å²) in [4.78, 5) is 11.8. The second-order valence-corrected chi connectivity index (χ2v) is 3.32. The Labute approximate surface area is 90.5 Å². The maximum atomic E-state index is 11.8. The monoisotopic (exact) mass is 201 g/mol. The highest BCUT2D eigenvalue weighted by atomic mass is 16.1. The quantitative estimate of drug-likeness (QED) is 0.583. The second-order valence-electron chi connectivity index (χ2n) is 3.32. The number of carbonyl (C=O) groups is 1. The molecule has 0 aliphatic rings. The molecule has 78 valence electrons. The molecule has 0 radical (unpaired) electrons. The van der Waals surface area contributed by atoms with Gasteiger partial charge in [0.2, 0.25) is 0 Å². The smallest absolute Gasteiger partial charge is 0.164 e. The van der Waals surface area contributed by atoms with Crippen molar-refractivity contribution in [3.8, 4) is 12.3 Å². The van der Waals surface area contributed by atoms with Gasteiger partial charge in [-0.05, 0) is 18.5 Å². The molecule has 0 fully saturated rings. The molecule has 0 saturated heterocycles. The van der Waals surface area contributed by atoms with Crippen LogP contribution in [0.4, 0.5) is 0 Å². The van der Waals surface area contributed by atoms with Gasteiger partial charge in [0.25, 0.3) is 0 Å². The van der Waals surface area contributed by atoms with Crippen molar-refractivity contribution in [1.82, 2.24) is 0 Å². The van der Waals surface area contributed by atoms with Crippen molar-refractivity contribution in [2.24, 2.45) is 5.73 Å². The molecule has 1 rings (SSSR count). The first-order valence-corrected chi connectivity index (χ1v) is 5.04. The Morgan fingerprint density at radius 2 is 2.13 bits per heavy atom. The van der Waals surface area contributed by atoms with Crippen LogP contribution >= 0.6 is 0 Å². The molecule has 2 heteroatoms. The van der Waals surface area contributed by atoms with Gasteiger partial charge in [0.15, 0.2) is 5.78 Å². The van der Waals surface area contributed by atoms with Gasteiger partial charge >= 0.3 is 0 Å². The lowest BCUT2D eigenvalue weighted by Gasteiger charge is -2.06. The van der Waals surface area contributed by atoms with E-state index in [4.69, 9.17) is 12.2 Å². The normalized spacial score (nSPS) is 9.60. The zero-order chi connectivity index (χ0) is 11.1. The number of ketones is 1. The van der Waals surface area contributed by atoms with Crippen molar-refractivity contribution >= 4 is 5.78 Å². The van der Waals surface area contributed by atoms with Crippen molar-refractivity contribution in [2.75, 3.05) is 6.54 Å². The molecule has 1 aromatic rings. The van der Waals surface area contributed by atoms with Gasteiger partial charge in [-0.1, -0.05) is 24.3 Å². The molecule has 0 aliphatic heterocycles. The third kappa shape index (κ3) is 3.23. The minimum atomic E-state index is 0.108. The highest BCUT2D eigenvalue weighted by Gasteiger charge is 2.08. The van der Waals surface area contributed by atoms with Crippen LogP contribution in [0.15, 0.2) is 24.3 Å². The predicted octanol–water partition coefficient (Wildman–Crippen LogP) is 1.78. The van der Waals surface area contributed by atoms with Gasteiger partial charge in [-0.15, -0.1) is 12.3 Å². The van der Waals surface area contributed by atoms with E-state index in [0.717, 1.165) is 17.5 Å². The fourth-order valence-electron chi connectivity index (χ4n) is 1.49. The molecule has 1 aromatic carbocycles. The van der Waals surface area contributed by atoms with Crippen molar-refractivity contribution in [2.45, 2.75) is 19.3 Å². The molecule has 0 saturated carbocycles. The summed E-state index contributed by atoms with van der Waals surface area (Å²) < 4.78 is 0. The number of benzene rings is 1. The number of nitrogens with two attached hydrogens (primary N) is 1. The fraction of sp³-hybridized carbons (Fsp3) is 0.308. The van der Waals surface area contributed by atoms with Crippen LogP contribution in [0.3, 0.4) is 0 Å². The van der Waals surface area contributed by atoms with Gasteiger partial charge in [-0.3, -0.25) is 4.79 Å². The first-order chi connectivity index (χ1) is 7.29. The van der Waals surface area contributed by atoms with E-state index < -0.39 is 0 Å². The van der Waals surface area contributed by atoms with Crippen LogP contribution in [0.25, 0.3) is 0 Å². The molecule has 0 amide bonds. The molecule has 15 heavy (non-hydrogen) atoms. The highest BCUT2D eigenvalue weighted by Crippen LogP contribution is 2.12. The summed E-state index contributed by atoms with van der Waals surface area (Å²) in [5.74, 6) is 2.58. The Bertz CT molecular complexity index is 376. The Morgan fingerprint density at radius 1 is 1.40 bits per heavy atom. The largest absolute Gasteiger partial charge is 0.330 e. The van der Waals surface area contributed by atoms with Gasteiger partial charge in [0, 0.05) is 18.4 Å². The van der Waals surface area contributed by atoms with Crippen LogP contribution in [-0.4, -0.2) is 12.3 Å². The summed E-state index contributed by atoms with van der Waals surface area (Å²) in [5.41, 5.74) is 7.26. The molecule has 0 aromatic heterocycles. The molecule has 2 N–H and O–H groups in total. The molecule has 0 bridgehead atoms. The van der Waals surface area contributed by atoms with Crippen molar-refractivity contribution < 1.29 is 4.79 Å². The zero-order valence-electron chi connectivity index (χ0n) is 8.70. The number of terminal acetylenes is 1. The summed E-state index contributed by atoms with van der Waals surface area (Å²) >= 11 is 0. The van der Waals surface area contributed by atoms with E-state index in [-0.39, 0.29) is 5.78 Å². The fourth-order valence-corrected chi connectivity index (χ4v) is 1.49. The van der Waals surface area contributed by atoms with Crippen LogP contribution in [-0.2, 0) is 6.42 Å². The van der Waals surface area contributed by atoms with Crippen molar-refractivity contribution in [1.29, 1.82) is 0 Å². The Morgan fingerprint density at radius 3 is 2.80 bits per heavy atom. The van der Waals surface area contributed by atoms with Crippen LogP contribution in [0.5, 0.6) is 0 Å². The first kappa shape index (κ1) is 11.5. The molecule has 0 unspecified atom stereocenters. The minimum Gasteiger partial charge on any atom is -0.330 e. The predicted molar refractivity (Wildman–Crippen MR) is 61.6 cm³/mol. The maximum Gasteiger partial charge on any atom is 0.164 e. The molecule has 0 atom stereocenters. The van der Waals surface area contributed by atoms with E-state index >= 15 is 0 Å². The van der Waals surface area contributed by atoms with Crippen LogP contribution in [0, 0.1) is 12.3 Å². The number of hydrogen-bond donors (Lipinski definition) is 1. The number of hydrogen-bond acceptors (Lipinski definition) is 2. The van der Waals surface area contributed by atoms with Gasteiger partial charge in [-0.2, -0.15) is 0 Å². The van der Waals surface area contributed by atoms with E-state index in [1.807, 2.05) is 24.3 Å². The van der Waals surface area contributed by atoms with Crippen LogP contribution in [0.1, 0.15) is 28.8 Å². The summed E-state index contributed by atoms with van der Waals surface area (Å²) in [6.45, 7) is 0.555. The minimum absolute atomic E-state index is 0.108. The number of rotatable bonds is 5. The summed E-state index contributed by atoms with van der Waals surface area (Å²) in [7, 11) is 0. The first-order valence-electron chi connectivity index (χ1n) is 5.04. The third-order valence-electron chi connectivity index (χ3n) is 2.23. The summed E-state index contributed by atoms with van der Waals surface area (Å²) in [5, 5.41) is 0. The summed E-state index contributed by atoms with van der Waals surface area (Å²) in [6, 6.07) is 7.56. The molecular weight excluding hydrogens is 186 g/mol. The average Bonchev–Trinajstić information content (AvgIpc) is 2.27. The van der Waals surface area contributed by atoms with E-state index in [2.05, 4.69) is 5.92 Å². The number of carbonyl (C=O) groups excluding carboxylic acids is 1. The standard InChI is InChI=1S/C13H15NO/c1-2-3-8-13(15)12-7-5-4-6-11(12)9-10-14/h1,4-7H,3,8-10,14H2. The lowest BCUT2D eigenvalue weighted by atomic mass is 9.99. The molecule has 2 nitrogen and oxygen atoms in total. The van der Waals surface area contributed by atoms with E-state index in [9.17, 15) is 4.79 Å². The molecule has 0 aliphatic carbocycles. The van der Waals surface area contributed by atoms with Crippen LogP contribution < -0.4 is 5.73 Å². The van der Waals surface area contributed by atoms with Gasteiger partial charge < -0.3 is 5.73 Å². The topological polar surface area (TPSA) is 43.1 Å². The van der Waals surface area contributed by atoms with Crippen molar-refractivity contribution in [3.63, 3.8) is 0 Å². The Kier molecular flexibility index (Phi) is 4.59. The van der Waals surface area contributed by atoms with Crippen molar-refractivity contribution in [3.05, 3.63) is 35.4 Å². The average molecular weight is 201 g/mol. The molecule has 0 heterocycles. The summed E-state index contributed by atoms with van der Waals surface area (Å²) in [6.07, 6.45) is 6.77. The molecule has 0 spiro atoms. The van der Waals surface area contributed by atoms with Gasteiger partial charge in [-0.25, -0.2) is 0 Å². The van der Waals surface area contributed by atoms with Crippen LogP contribution in [0.2, 0.25) is 0 Å². The van der Waals surface area contributed by atoms with E-state index in [1.165, 1.54) is 0 Å². The molecular formula is C13H15NO. The van der Waals surface area contributed by atoms with Gasteiger partial charge in [0.05, 0.1) is 0 Å². The van der Waals surface area contributed by atoms with Gasteiger partial charge in [0.1, 0.15) is 0 Å². The maximum absolute atomic E-state index is 11.8. The highest BCUT2D eigenvalue weighted by molar-refractivity contribution is 5.97. The second kappa shape index (κ2) is 6.00. The number of Topliss-reactive ketones (excluding diaryl/α,β-unsaturated/α-hetero) is 1. The Balaban J connectivity index is 2.83. The van der Waals surface area contributed by atoms with E-state index in [1.54, 1.807) is 0 Å². The lowest BCUT2D eigenvalue weighted by molar-refractivity contribution is 0.0983. The Hall–Kier alpha value is -1.59. The van der Waals surface area contributed by atoms with E-state index in [0.29, 0.717) is 19.4 Å². The SMILES string of the molecule is C#CCCC(=O)c1ccccc1CCN. The zero-order valence-corrected chi connectivity index (χ0v) is 8.70.